The Kier molecular flexibility index (Phi) is 10.4. The number of hydrogen-bond acceptors (Lipinski definition) is 7. The fourth-order valence-corrected chi connectivity index (χ4v) is 4.06. The molecule has 3 aromatic heterocycles. The number of aldehydes is 1. The quantitative estimate of drug-likeness (QED) is 0.338. The van der Waals surface area contributed by atoms with Gasteiger partial charge < -0.3 is 5.32 Å². The first-order valence-corrected chi connectivity index (χ1v) is 12.0. The van der Waals surface area contributed by atoms with Crippen LogP contribution in [0.2, 0.25) is 0 Å². The monoisotopic (exact) mass is 446 g/mol. The Hall–Kier alpha value is -3.22. The third kappa shape index (κ3) is 8.33. The standard InChI is InChI=1S/C21H30N4.C5H4N2O/c1-2-17(19-14-22-16-23-15-19)8-5-3-4-6-10-20-12-11-18-9-7-13-24-21(18)25-20;8-3-5-1-6-4-7-2-5/h11-12,14-17H,2-10,13H2,1H3,(H,24,25);1-4H. The SMILES string of the molecule is CCC(CCCCCCc1ccc2c(n1)NCCC2)c1cncnc1.O=Cc1cncnc1. The van der Waals surface area contributed by atoms with Crippen LogP contribution in [-0.2, 0) is 12.8 Å². The summed E-state index contributed by atoms with van der Waals surface area (Å²) < 4.78 is 0. The number of aromatic nitrogens is 5. The molecule has 1 aliphatic heterocycles. The van der Waals surface area contributed by atoms with E-state index in [9.17, 15) is 4.79 Å². The third-order valence-corrected chi connectivity index (χ3v) is 5.95. The summed E-state index contributed by atoms with van der Waals surface area (Å²) in [6.45, 7) is 3.32. The van der Waals surface area contributed by atoms with Crippen LogP contribution >= 0.6 is 0 Å². The molecule has 1 unspecified atom stereocenters. The molecule has 7 nitrogen and oxygen atoms in total. The van der Waals surface area contributed by atoms with E-state index in [-0.39, 0.29) is 0 Å². The topological polar surface area (TPSA) is 93.6 Å². The minimum absolute atomic E-state index is 0.507. The van der Waals surface area contributed by atoms with Gasteiger partial charge in [-0.1, -0.05) is 32.3 Å². The van der Waals surface area contributed by atoms with Gasteiger partial charge in [0.05, 0.1) is 5.56 Å². The van der Waals surface area contributed by atoms with Gasteiger partial charge in [-0.15, -0.1) is 0 Å². The van der Waals surface area contributed by atoms with Crippen molar-refractivity contribution in [2.45, 2.75) is 70.6 Å². The van der Waals surface area contributed by atoms with E-state index >= 15 is 0 Å². The van der Waals surface area contributed by atoms with Crippen LogP contribution in [0.4, 0.5) is 5.82 Å². The number of aryl methyl sites for hydroxylation is 2. The van der Waals surface area contributed by atoms with Crippen LogP contribution in [0, 0.1) is 0 Å². The molecule has 3 aromatic rings. The van der Waals surface area contributed by atoms with Gasteiger partial charge in [0.15, 0.2) is 6.29 Å². The molecule has 0 aromatic carbocycles. The average molecular weight is 447 g/mol. The van der Waals surface area contributed by atoms with Crippen LogP contribution in [-0.4, -0.2) is 37.8 Å². The lowest BCUT2D eigenvalue weighted by molar-refractivity contribution is 0.112. The third-order valence-electron chi connectivity index (χ3n) is 5.95. The number of fused-ring (bicyclic) bond motifs is 1. The highest BCUT2D eigenvalue weighted by atomic mass is 16.1. The molecule has 0 saturated carbocycles. The minimum atomic E-state index is 0.507. The van der Waals surface area contributed by atoms with E-state index < -0.39 is 0 Å². The molecule has 0 radical (unpaired) electrons. The summed E-state index contributed by atoms with van der Waals surface area (Å²) in [5, 5.41) is 3.43. The van der Waals surface area contributed by atoms with E-state index in [0.29, 0.717) is 17.8 Å². The summed E-state index contributed by atoms with van der Waals surface area (Å²) in [6, 6.07) is 4.48. The summed E-state index contributed by atoms with van der Waals surface area (Å²) in [5.41, 5.74) is 4.41. The molecule has 0 spiro atoms. The van der Waals surface area contributed by atoms with Gasteiger partial charge in [0.2, 0.25) is 0 Å². The van der Waals surface area contributed by atoms with Crippen molar-refractivity contribution in [3.8, 4) is 0 Å². The molecule has 4 heterocycles. The lowest BCUT2D eigenvalue weighted by Gasteiger charge is -2.17. The van der Waals surface area contributed by atoms with E-state index in [1.807, 2.05) is 12.4 Å². The Labute approximate surface area is 196 Å². The first kappa shape index (κ1) is 24.4. The number of carbonyl (C=O) groups is 1. The molecule has 0 amide bonds. The normalized spacial score (nSPS) is 13.1. The number of nitrogens with zero attached hydrogens (tertiary/aromatic N) is 5. The largest absolute Gasteiger partial charge is 0.370 e. The number of unbranched alkanes of at least 4 members (excludes halogenated alkanes) is 3. The van der Waals surface area contributed by atoms with Gasteiger partial charge in [-0.3, -0.25) is 4.79 Å². The molecular formula is C26H34N6O. The first-order valence-electron chi connectivity index (χ1n) is 12.0. The van der Waals surface area contributed by atoms with Gasteiger partial charge in [0, 0.05) is 37.0 Å². The zero-order valence-corrected chi connectivity index (χ0v) is 19.5. The Morgan fingerprint density at radius 3 is 2.39 bits per heavy atom. The van der Waals surface area contributed by atoms with Crippen LogP contribution in [0.1, 0.15) is 85.0 Å². The van der Waals surface area contributed by atoms with Crippen molar-refractivity contribution in [3.05, 3.63) is 72.0 Å². The van der Waals surface area contributed by atoms with E-state index in [0.717, 1.165) is 18.8 Å². The summed E-state index contributed by atoms with van der Waals surface area (Å²) >= 11 is 0. The average Bonchev–Trinajstić information content (AvgIpc) is 2.89. The molecular weight excluding hydrogens is 412 g/mol. The Bertz CT molecular complexity index is 952. The highest BCUT2D eigenvalue weighted by Crippen LogP contribution is 2.25. The van der Waals surface area contributed by atoms with Gasteiger partial charge >= 0.3 is 0 Å². The summed E-state index contributed by atoms with van der Waals surface area (Å²) in [4.78, 5) is 30.2. The van der Waals surface area contributed by atoms with Crippen LogP contribution in [0.3, 0.4) is 0 Å². The Balaban J connectivity index is 0.000000323. The van der Waals surface area contributed by atoms with Crippen LogP contribution in [0.15, 0.2) is 49.6 Å². The summed E-state index contributed by atoms with van der Waals surface area (Å²) in [5.74, 6) is 1.73. The first-order chi connectivity index (χ1) is 16.3. The van der Waals surface area contributed by atoms with Crippen molar-refractivity contribution in [2.24, 2.45) is 0 Å². The molecule has 4 rings (SSSR count). The van der Waals surface area contributed by atoms with E-state index in [4.69, 9.17) is 4.98 Å². The maximum Gasteiger partial charge on any atom is 0.153 e. The van der Waals surface area contributed by atoms with Gasteiger partial charge in [-0.2, -0.15) is 0 Å². The molecule has 0 aliphatic carbocycles. The van der Waals surface area contributed by atoms with Gasteiger partial charge in [0.1, 0.15) is 18.5 Å². The smallest absolute Gasteiger partial charge is 0.153 e. The number of anilines is 1. The second-order valence-electron chi connectivity index (χ2n) is 8.36. The number of hydrogen-bond donors (Lipinski definition) is 1. The predicted octanol–water partition coefficient (Wildman–Crippen LogP) is 5.21. The van der Waals surface area contributed by atoms with E-state index in [1.165, 1.54) is 86.9 Å². The van der Waals surface area contributed by atoms with Gasteiger partial charge in [0.25, 0.3) is 0 Å². The lowest BCUT2D eigenvalue weighted by atomic mass is 9.92. The highest BCUT2D eigenvalue weighted by Gasteiger charge is 2.11. The van der Waals surface area contributed by atoms with Crippen molar-refractivity contribution >= 4 is 12.1 Å². The second kappa shape index (κ2) is 14.0. The molecule has 33 heavy (non-hydrogen) atoms. The summed E-state index contributed by atoms with van der Waals surface area (Å²) in [6.07, 6.45) is 21.6. The van der Waals surface area contributed by atoms with Crippen molar-refractivity contribution in [1.82, 2.24) is 24.9 Å². The summed E-state index contributed by atoms with van der Waals surface area (Å²) in [7, 11) is 0. The molecule has 174 valence electrons. The maximum atomic E-state index is 9.93. The van der Waals surface area contributed by atoms with Crippen molar-refractivity contribution in [3.63, 3.8) is 0 Å². The number of nitrogens with one attached hydrogen (secondary N) is 1. The molecule has 0 fully saturated rings. The van der Waals surface area contributed by atoms with E-state index in [1.54, 1.807) is 6.33 Å². The maximum absolute atomic E-state index is 9.93. The molecule has 1 N–H and O–H groups in total. The predicted molar refractivity (Wildman–Crippen MR) is 130 cm³/mol. The van der Waals surface area contributed by atoms with Crippen LogP contribution in [0.5, 0.6) is 0 Å². The van der Waals surface area contributed by atoms with Crippen molar-refractivity contribution in [2.75, 3.05) is 11.9 Å². The molecule has 1 aliphatic rings. The minimum Gasteiger partial charge on any atom is -0.370 e. The number of carbonyl (C=O) groups excluding carboxylic acids is 1. The highest BCUT2D eigenvalue weighted by molar-refractivity contribution is 5.73. The van der Waals surface area contributed by atoms with Gasteiger partial charge in [-0.25, -0.2) is 24.9 Å². The van der Waals surface area contributed by atoms with E-state index in [2.05, 4.69) is 44.3 Å². The van der Waals surface area contributed by atoms with Crippen molar-refractivity contribution < 1.29 is 4.79 Å². The second-order valence-corrected chi connectivity index (χ2v) is 8.36. The lowest BCUT2D eigenvalue weighted by Crippen LogP contribution is -2.13. The molecule has 7 heteroatoms. The van der Waals surface area contributed by atoms with Gasteiger partial charge in [-0.05, 0) is 61.6 Å². The van der Waals surface area contributed by atoms with Crippen molar-refractivity contribution in [1.29, 1.82) is 0 Å². The zero-order chi connectivity index (χ0) is 23.1. The Morgan fingerprint density at radius 1 is 0.970 bits per heavy atom. The zero-order valence-electron chi connectivity index (χ0n) is 19.5. The fraction of sp³-hybridized carbons (Fsp3) is 0.462. The van der Waals surface area contributed by atoms with Crippen LogP contribution in [0.25, 0.3) is 0 Å². The number of pyridine rings is 1. The molecule has 0 bridgehead atoms. The fourth-order valence-electron chi connectivity index (χ4n) is 4.06. The molecule has 0 saturated heterocycles. The van der Waals surface area contributed by atoms with Crippen LogP contribution < -0.4 is 5.32 Å². The Morgan fingerprint density at radius 2 is 1.70 bits per heavy atom. The molecule has 1 atom stereocenters. The number of rotatable bonds is 10.